The second kappa shape index (κ2) is 7.95. The Morgan fingerprint density at radius 1 is 1.23 bits per heavy atom. The number of hydrogen-bond donors (Lipinski definition) is 2. The van der Waals surface area contributed by atoms with Crippen molar-refractivity contribution in [2.45, 2.75) is 25.3 Å². The highest BCUT2D eigenvalue weighted by Gasteiger charge is 2.27. The lowest BCUT2D eigenvalue weighted by Crippen LogP contribution is -2.43. The number of primary amides is 1. The van der Waals surface area contributed by atoms with E-state index in [2.05, 4.69) is 4.98 Å². The summed E-state index contributed by atoms with van der Waals surface area (Å²) < 4.78 is 15.2. The smallest absolute Gasteiger partial charge is 0.326 e. The lowest BCUT2D eigenvalue weighted by molar-refractivity contribution is -0.132. The maximum absolute atomic E-state index is 13.6. The molecule has 0 spiro atoms. The lowest BCUT2D eigenvalue weighted by atomic mass is 10.0. The van der Waals surface area contributed by atoms with E-state index in [1.807, 2.05) is 0 Å². The van der Waals surface area contributed by atoms with E-state index in [1.165, 1.54) is 12.1 Å². The Labute approximate surface area is 176 Å². The van der Waals surface area contributed by atoms with E-state index in [0.717, 1.165) is 12.8 Å². The van der Waals surface area contributed by atoms with Crippen molar-refractivity contribution < 1.29 is 14.0 Å². The standard InChI is InChI=1S/C21H20ClFN4O3/c22-14-6-12(7-15(23)10-14)8-19(28)26-5-1-2-16(11-26)27-18-4-3-13(20(24)29)9-17(18)25-21(27)30/h3-4,6-7,9-10,16H,1-2,5,8,11H2,(H2,24,29)(H,25,30)/t16-/m0/s1. The fourth-order valence-corrected chi connectivity index (χ4v) is 4.28. The van der Waals surface area contributed by atoms with Crippen molar-refractivity contribution in [2.75, 3.05) is 13.1 Å². The van der Waals surface area contributed by atoms with Crippen molar-refractivity contribution >= 4 is 34.4 Å². The summed E-state index contributed by atoms with van der Waals surface area (Å²) in [5, 5.41) is 0.245. The summed E-state index contributed by atoms with van der Waals surface area (Å²) in [6.07, 6.45) is 1.51. The van der Waals surface area contributed by atoms with Gasteiger partial charge in [-0.3, -0.25) is 14.2 Å². The molecule has 0 bridgehead atoms. The molecule has 2 amide bonds. The molecule has 2 aromatic carbocycles. The SMILES string of the molecule is NC(=O)c1ccc2c(c1)[nH]c(=O)n2[C@H]1CCCN(C(=O)Cc2cc(F)cc(Cl)c2)C1. The van der Waals surface area contributed by atoms with E-state index >= 15 is 0 Å². The number of amides is 2. The summed E-state index contributed by atoms with van der Waals surface area (Å²) in [5.41, 5.74) is 7.01. The van der Waals surface area contributed by atoms with Crippen LogP contribution in [0.25, 0.3) is 11.0 Å². The van der Waals surface area contributed by atoms with E-state index in [4.69, 9.17) is 17.3 Å². The minimum Gasteiger partial charge on any atom is -0.366 e. The van der Waals surface area contributed by atoms with Crippen molar-refractivity contribution in [3.8, 4) is 0 Å². The first-order chi connectivity index (χ1) is 14.3. The van der Waals surface area contributed by atoms with Gasteiger partial charge in [-0.05, 0) is 54.8 Å². The molecule has 156 valence electrons. The molecule has 7 nitrogen and oxygen atoms in total. The van der Waals surface area contributed by atoms with Crippen LogP contribution in [0.4, 0.5) is 4.39 Å². The Morgan fingerprint density at radius 3 is 2.77 bits per heavy atom. The number of hydrogen-bond acceptors (Lipinski definition) is 3. The maximum Gasteiger partial charge on any atom is 0.326 e. The molecule has 0 aliphatic carbocycles. The number of likely N-dealkylation sites (tertiary alicyclic amines) is 1. The molecular formula is C21H20ClFN4O3. The number of aromatic nitrogens is 2. The number of aromatic amines is 1. The lowest BCUT2D eigenvalue weighted by Gasteiger charge is -2.33. The first-order valence-corrected chi connectivity index (χ1v) is 9.96. The largest absolute Gasteiger partial charge is 0.366 e. The Hall–Kier alpha value is -3.13. The molecule has 3 N–H and O–H groups in total. The van der Waals surface area contributed by atoms with Crippen LogP contribution in [0.15, 0.2) is 41.2 Å². The molecule has 2 heterocycles. The van der Waals surface area contributed by atoms with Gasteiger partial charge in [0.25, 0.3) is 0 Å². The van der Waals surface area contributed by atoms with Crippen molar-refractivity contribution in [1.82, 2.24) is 14.5 Å². The van der Waals surface area contributed by atoms with Gasteiger partial charge in [0, 0.05) is 23.7 Å². The quantitative estimate of drug-likeness (QED) is 0.665. The third kappa shape index (κ3) is 3.95. The molecule has 1 aromatic heterocycles. The predicted molar refractivity (Wildman–Crippen MR) is 111 cm³/mol. The van der Waals surface area contributed by atoms with Crippen LogP contribution in [0.1, 0.15) is 34.8 Å². The van der Waals surface area contributed by atoms with Crippen molar-refractivity contribution in [1.29, 1.82) is 0 Å². The zero-order valence-corrected chi connectivity index (χ0v) is 16.8. The first kappa shape index (κ1) is 20.2. The number of piperidine rings is 1. The fourth-order valence-electron chi connectivity index (χ4n) is 4.04. The summed E-state index contributed by atoms with van der Waals surface area (Å²) in [4.78, 5) is 41.2. The number of nitrogens with zero attached hydrogens (tertiary/aromatic N) is 2. The number of fused-ring (bicyclic) bond motifs is 1. The van der Waals surface area contributed by atoms with Gasteiger partial charge in [0.1, 0.15) is 5.82 Å². The summed E-state index contributed by atoms with van der Waals surface area (Å²) >= 11 is 5.88. The van der Waals surface area contributed by atoms with Crippen molar-refractivity contribution in [3.05, 3.63) is 68.8 Å². The molecule has 1 aliphatic heterocycles. The van der Waals surface area contributed by atoms with Crippen LogP contribution in [0.3, 0.4) is 0 Å². The van der Waals surface area contributed by atoms with Gasteiger partial charge in [-0.1, -0.05) is 11.6 Å². The van der Waals surface area contributed by atoms with Crippen LogP contribution in [-0.4, -0.2) is 39.4 Å². The Bertz CT molecular complexity index is 1180. The number of halogens is 2. The number of rotatable bonds is 4. The number of nitrogens with one attached hydrogen (secondary N) is 1. The minimum atomic E-state index is -0.572. The van der Waals surface area contributed by atoms with E-state index in [1.54, 1.807) is 33.7 Å². The van der Waals surface area contributed by atoms with Gasteiger partial charge >= 0.3 is 5.69 Å². The molecule has 1 atom stereocenters. The third-order valence-electron chi connectivity index (χ3n) is 5.39. The van der Waals surface area contributed by atoms with Gasteiger partial charge in [0.05, 0.1) is 23.5 Å². The fraction of sp³-hybridized carbons (Fsp3) is 0.286. The van der Waals surface area contributed by atoms with E-state index in [-0.39, 0.29) is 29.1 Å². The zero-order chi connectivity index (χ0) is 21.4. The molecule has 1 fully saturated rings. The average Bonchev–Trinajstić information content (AvgIpc) is 3.02. The molecule has 30 heavy (non-hydrogen) atoms. The van der Waals surface area contributed by atoms with Crippen LogP contribution in [-0.2, 0) is 11.2 Å². The summed E-state index contributed by atoms with van der Waals surface area (Å²) in [5.74, 6) is -1.20. The van der Waals surface area contributed by atoms with Gasteiger partial charge in [0.15, 0.2) is 0 Å². The van der Waals surface area contributed by atoms with Crippen LogP contribution in [0.2, 0.25) is 5.02 Å². The molecule has 0 unspecified atom stereocenters. The van der Waals surface area contributed by atoms with E-state index in [9.17, 15) is 18.8 Å². The Kier molecular flexibility index (Phi) is 5.34. The summed E-state index contributed by atoms with van der Waals surface area (Å²) in [7, 11) is 0. The van der Waals surface area contributed by atoms with Crippen LogP contribution >= 0.6 is 11.6 Å². The topological polar surface area (TPSA) is 101 Å². The molecule has 0 radical (unpaired) electrons. The van der Waals surface area contributed by atoms with Crippen LogP contribution in [0, 0.1) is 5.82 Å². The second-order valence-corrected chi connectivity index (χ2v) is 7.92. The van der Waals surface area contributed by atoms with E-state index in [0.29, 0.717) is 35.2 Å². The normalized spacial score (nSPS) is 16.7. The van der Waals surface area contributed by atoms with Crippen molar-refractivity contribution in [3.63, 3.8) is 0 Å². The molecule has 0 saturated carbocycles. The minimum absolute atomic E-state index is 0.0367. The maximum atomic E-state index is 13.6. The molecular weight excluding hydrogens is 411 g/mol. The highest BCUT2D eigenvalue weighted by Crippen LogP contribution is 2.25. The summed E-state index contributed by atoms with van der Waals surface area (Å²) in [6, 6.07) is 8.67. The number of imidazole rings is 1. The number of nitrogens with two attached hydrogens (primary N) is 1. The van der Waals surface area contributed by atoms with Gasteiger partial charge in [-0.2, -0.15) is 0 Å². The summed E-state index contributed by atoms with van der Waals surface area (Å²) in [6.45, 7) is 0.938. The van der Waals surface area contributed by atoms with Gasteiger partial charge in [0.2, 0.25) is 11.8 Å². The monoisotopic (exact) mass is 430 g/mol. The molecule has 9 heteroatoms. The number of benzene rings is 2. The second-order valence-electron chi connectivity index (χ2n) is 7.49. The van der Waals surface area contributed by atoms with Gasteiger partial charge in [-0.15, -0.1) is 0 Å². The average molecular weight is 431 g/mol. The van der Waals surface area contributed by atoms with Crippen LogP contribution in [0.5, 0.6) is 0 Å². The first-order valence-electron chi connectivity index (χ1n) is 9.58. The highest BCUT2D eigenvalue weighted by molar-refractivity contribution is 6.30. The van der Waals surface area contributed by atoms with Gasteiger partial charge < -0.3 is 15.6 Å². The molecule has 1 aliphatic rings. The number of carbonyl (C=O) groups excluding carboxylic acids is 2. The number of carbonyl (C=O) groups is 2. The van der Waals surface area contributed by atoms with E-state index < -0.39 is 11.7 Å². The number of H-pyrrole nitrogens is 1. The van der Waals surface area contributed by atoms with Crippen molar-refractivity contribution in [2.24, 2.45) is 5.73 Å². The Morgan fingerprint density at radius 2 is 2.03 bits per heavy atom. The Balaban J connectivity index is 1.56. The predicted octanol–water partition coefficient (Wildman–Crippen LogP) is 2.63. The van der Waals surface area contributed by atoms with Crippen LogP contribution < -0.4 is 11.4 Å². The third-order valence-corrected chi connectivity index (χ3v) is 5.61. The van der Waals surface area contributed by atoms with Gasteiger partial charge in [-0.25, -0.2) is 9.18 Å². The molecule has 3 aromatic rings. The zero-order valence-electron chi connectivity index (χ0n) is 16.0. The molecule has 4 rings (SSSR count). The highest BCUT2D eigenvalue weighted by atomic mass is 35.5. The molecule has 1 saturated heterocycles.